The van der Waals surface area contributed by atoms with Gasteiger partial charge in [-0.2, -0.15) is 23.5 Å². The van der Waals surface area contributed by atoms with Crippen LogP contribution < -0.4 is 14.9 Å². The van der Waals surface area contributed by atoms with Gasteiger partial charge in [-0.3, -0.25) is 19.4 Å². The Balaban J connectivity index is 0.000000206. The lowest BCUT2D eigenvalue weighted by molar-refractivity contribution is -0.689. The van der Waals surface area contributed by atoms with Gasteiger partial charge < -0.3 is 15.2 Å². The van der Waals surface area contributed by atoms with Crippen molar-refractivity contribution in [2.24, 2.45) is 26.9 Å². The number of carbonyl (C=O) groups is 3. The number of hydrogen-bond donors (Lipinski definition) is 1. The van der Waals surface area contributed by atoms with Gasteiger partial charge >= 0.3 is 11.9 Å². The van der Waals surface area contributed by atoms with Gasteiger partial charge in [-0.1, -0.05) is 6.07 Å². The van der Waals surface area contributed by atoms with Gasteiger partial charge in [0.05, 0.1) is 60.6 Å². The number of aromatic nitrogens is 15. The van der Waals surface area contributed by atoms with Crippen molar-refractivity contribution in [1.82, 2.24) is 65.6 Å². The highest BCUT2D eigenvalue weighted by atomic mass is 35.5. The fourth-order valence-corrected chi connectivity index (χ4v) is 4.42. The van der Waals surface area contributed by atoms with Crippen LogP contribution >= 0.6 is 11.6 Å². The van der Waals surface area contributed by atoms with Crippen molar-refractivity contribution in [2.45, 2.75) is 38.2 Å². The molecular weight excluding hydrogens is 736 g/mol. The number of rotatable bonds is 12. The minimum Gasteiger partial charge on any atom is -0.469 e. The number of tetrazole rings is 3. The van der Waals surface area contributed by atoms with Gasteiger partial charge in [-0.05, 0) is 39.4 Å². The van der Waals surface area contributed by atoms with Crippen LogP contribution in [-0.4, -0.2) is 104 Å². The molecule has 0 atom stereocenters. The first kappa shape index (κ1) is 42.9. The predicted molar refractivity (Wildman–Crippen MR) is 191 cm³/mol. The highest BCUT2D eigenvalue weighted by molar-refractivity contribution is 6.16. The normalized spacial score (nSPS) is 10.1. The third-order valence-electron chi connectivity index (χ3n) is 6.76. The second kappa shape index (κ2) is 23.2. The van der Waals surface area contributed by atoms with Crippen molar-refractivity contribution in [3.05, 3.63) is 108 Å². The Labute approximate surface area is 321 Å². The molecule has 0 amide bonds. The summed E-state index contributed by atoms with van der Waals surface area (Å²) in [4.78, 5) is 41.3. The predicted octanol–water partition coefficient (Wildman–Crippen LogP) is -1.38. The maximum atomic E-state index is 11.3. The number of aryl methyl sites for hydroxylation is 3. The van der Waals surface area contributed by atoms with Crippen molar-refractivity contribution in [2.75, 3.05) is 20.8 Å². The minimum atomic E-state index is -0.259. The average Bonchev–Trinajstić information content (AvgIpc) is 3.93. The van der Waals surface area contributed by atoms with E-state index in [2.05, 4.69) is 60.7 Å². The number of esters is 2. The molecule has 55 heavy (non-hydrogen) atoms. The summed E-state index contributed by atoms with van der Waals surface area (Å²) in [5.41, 5.74) is 7.98. The molecule has 0 aromatic carbocycles. The van der Waals surface area contributed by atoms with Crippen LogP contribution in [0.5, 0.6) is 0 Å². The third kappa shape index (κ3) is 16.8. The van der Waals surface area contributed by atoms with E-state index in [-0.39, 0.29) is 30.7 Å². The maximum Gasteiger partial charge on any atom is 0.310 e. The number of nitrogens with zero attached hydrogens (tertiary/aromatic N) is 15. The summed E-state index contributed by atoms with van der Waals surface area (Å²) >= 11 is 5.36. The molecule has 0 saturated carbocycles. The van der Waals surface area contributed by atoms with Crippen molar-refractivity contribution in [3.63, 3.8) is 0 Å². The van der Waals surface area contributed by atoms with E-state index < -0.39 is 0 Å². The molecule has 21 nitrogen and oxygen atoms in total. The van der Waals surface area contributed by atoms with Gasteiger partial charge in [-0.15, -0.1) is 42.2 Å². The summed E-state index contributed by atoms with van der Waals surface area (Å²) in [5.74, 6) is 1.67. The average molecular weight is 779 g/mol. The van der Waals surface area contributed by atoms with Crippen molar-refractivity contribution < 1.29 is 33.0 Å². The molecule has 0 bridgehead atoms. The minimum absolute atomic E-state index is 0.0189. The molecule has 290 valence electrons. The summed E-state index contributed by atoms with van der Waals surface area (Å²) in [6.07, 6.45) is 11.8. The van der Waals surface area contributed by atoms with Crippen molar-refractivity contribution >= 4 is 29.3 Å². The number of Topliss-reactive ketones (excluding diaryl/α,β-unsaturated/α-hetero) is 1. The summed E-state index contributed by atoms with van der Waals surface area (Å²) in [6.45, 7) is 1.11. The molecule has 2 N–H and O–H groups in total. The van der Waals surface area contributed by atoms with Crippen molar-refractivity contribution in [3.8, 4) is 0 Å². The Morgan fingerprint density at radius 1 is 0.691 bits per heavy atom. The molecule has 6 heterocycles. The Bertz CT molecular complexity index is 1970. The van der Waals surface area contributed by atoms with E-state index in [1.54, 1.807) is 39.6 Å². The number of pyridine rings is 3. The van der Waals surface area contributed by atoms with E-state index in [9.17, 15) is 14.4 Å². The highest BCUT2D eigenvalue weighted by Gasteiger charge is 2.12. The second-order valence-corrected chi connectivity index (χ2v) is 11.5. The van der Waals surface area contributed by atoms with E-state index in [4.69, 9.17) is 17.3 Å². The molecule has 0 aliphatic carbocycles. The number of ketones is 1. The van der Waals surface area contributed by atoms with Gasteiger partial charge in [0.15, 0.2) is 36.4 Å². The van der Waals surface area contributed by atoms with E-state index in [1.165, 1.54) is 28.6 Å². The highest BCUT2D eigenvalue weighted by Crippen LogP contribution is 2.00. The Hall–Kier alpha value is -6.48. The number of hydrogen-bond acceptors (Lipinski definition) is 16. The summed E-state index contributed by atoms with van der Waals surface area (Å²) in [6, 6.07) is 11.2. The third-order valence-corrected chi connectivity index (χ3v) is 7.00. The number of alkyl halides is 1. The largest absolute Gasteiger partial charge is 0.469 e. The molecule has 0 aliphatic rings. The lowest BCUT2D eigenvalue weighted by Gasteiger charge is -1.98. The van der Waals surface area contributed by atoms with Crippen LogP contribution in [0.2, 0.25) is 0 Å². The molecular formula is C33H43ClN16O5+2. The first-order chi connectivity index (χ1) is 26.5. The zero-order chi connectivity index (χ0) is 40.0. The SMILES string of the molecule is COC(=O)Cc1ccc[n+](Cc2nnn(C)n2)c1.COC(=O)Cc1cccnc1.Cn1nnc(CCl)n1.Cn1nnc(C[n+]2cccc(CC(=O)CN)c2)n1. The van der Waals surface area contributed by atoms with E-state index in [1.807, 2.05) is 64.3 Å². The quantitative estimate of drug-likeness (QED) is 0.0855. The smallest absolute Gasteiger partial charge is 0.310 e. The Morgan fingerprint density at radius 3 is 1.53 bits per heavy atom. The van der Waals surface area contributed by atoms with Crippen LogP contribution in [0, 0.1) is 0 Å². The van der Waals surface area contributed by atoms with Crippen LogP contribution in [0.1, 0.15) is 34.2 Å². The van der Waals surface area contributed by atoms with Gasteiger partial charge in [-0.25, -0.2) is 0 Å². The summed E-state index contributed by atoms with van der Waals surface area (Å²) < 4.78 is 12.9. The number of halogens is 1. The van der Waals surface area contributed by atoms with Crippen LogP contribution in [0.15, 0.2) is 73.6 Å². The van der Waals surface area contributed by atoms with Gasteiger partial charge in [0, 0.05) is 42.1 Å². The van der Waals surface area contributed by atoms with Crippen molar-refractivity contribution in [1.29, 1.82) is 0 Å². The number of carbonyl (C=O) groups excluding carboxylic acids is 3. The molecule has 6 aromatic rings. The van der Waals surface area contributed by atoms with E-state index in [0.717, 1.165) is 16.7 Å². The molecule has 0 aliphatic heterocycles. The van der Waals surface area contributed by atoms with Crippen LogP contribution in [0.4, 0.5) is 0 Å². The fourth-order valence-electron chi connectivity index (χ4n) is 4.32. The molecule has 6 aromatic heterocycles. The van der Waals surface area contributed by atoms with E-state index >= 15 is 0 Å². The number of nitrogens with two attached hydrogens (primary N) is 1. The van der Waals surface area contributed by atoms with Gasteiger partial charge in [0.1, 0.15) is 0 Å². The van der Waals surface area contributed by atoms with Gasteiger partial charge in [0.2, 0.25) is 24.7 Å². The van der Waals surface area contributed by atoms with Crippen LogP contribution in [-0.2, 0) is 83.2 Å². The number of ether oxygens (including phenoxy) is 2. The first-order valence-electron chi connectivity index (χ1n) is 16.4. The monoisotopic (exact) mass is 778 g/mol. The van der Waals surface area contributed by atoms with Crippen LogP contribution in [0.25, 0.3) is 0 Å². The van der Waals surface area contributed by atoms with Gasteiger partial charge in [0.25, 0.3) is 0 Å². The fraction of sp³-hybridized carbons (Fsp3) is 0.364. The van der Waals surface area contributed by atoms with E-state index in [0.29, 0.717) is 49.3 Å². The molecule has 0 unspecified atom stereocenters. The summed E-state index contributed by atoms with van der Waals surface area (Å²) in [7, 11) is 7.89. The molecule has 0 spiro atoms. The standard InChI is InChI=1S/C11H15N6O.C11H14N5O2.C8H9NO2.C3H5ClN4/c1-16-14-11(13-15-16)8-17-4-2-3-9(7-17)5-10(18)6-12;1-15-13-10(12-14-15)8-16-5-3-4-9(7-16)6-11(17)18-2;1-11-8(10)5-7-3-2-4-9-6-7;1-8-6-3(2-4)5-7-8/h2-4,7H,5-6,8,12H2,1H3;3-5,7H,6,8H2,1-2H3;2-4,6H,5H2,1H3;2H2,1H3/q2*+1;;. The summed E-state index contributed by atoms with van der Waals surface area (Å²) in [5, 5.41) is 34.5. The lowest BCUT2D eigenvalue weighted by Crippen LogP contribution is -2.35. The first-order valence-corrected chi connectivity index (χ1v) is 17.0. The maximum absolute atomic E-state index is 11.3. The molecule has 6 rings (SSSR count). The Kier molecular flexibility index (Phi) is 18.1. The van der Waals surface area contributed by atoms with Crippen LogP contribution in [0.3, 0.4) is 0 Å². The molecule has 0 radical (unpaired) electrons. The second-order valence-electron chi connectivity index (χ2n) is 11.3. The zero-order valence-electron chi connectivity index (χ0n) is 31.1. The Morgan fingerprint density at radius 2 is 1.15 bits per heavy atom. The lowest BCUT2D eigenvalue weighted by atomic mass is 10.1. The molecule has 22 heteroatoms. The number of methoxy groups -OCH3 is 2. The zero-order valence-corrected chi connectivity index (χ0v) is 31.8. The molecule has 0 saturated heterocycles. The topological polar surface area (TPSA) is 247 Å². The molecule has 0 fully saturated rings.